The molecule has 1 aromatic carbocycles. The van der Waals surface area contributed by atoms with Gasteiger partial charge in [0.25, 0.3) is 0 Å². The molecule has 1 heterocycles. The smallest absolute Gasteiger partial charge is 0.191 e. The second-order valence-corrected chi connectivity index (χ2v) is 6.35. The number of rotatable bonds is 6. The average molecular weight is 337 g/mol. The molecule has 1 aromatic heterocycles. The Balaban J connectivity index is 1.69. The zero-order valence-electron chi connectivity index (χ0n) is 12.9. The lowest BCUT2D eigenvalue weighted by atomic mass is 10.2. The van der Waals surface area contributed by atoms with Crippen LogP contribution in [0, 0.1) is 6.92 Å². The molecular weight excluding hydrogens is 316 g/mol. The molecule has 0 saturated heterocycles. The molecule has 2 aromatic rings. The summed E-state index contributed by atoms with van der Waals surface area (Å²) in [4.78, 5) is 8.69. The molecule has 118 valence electrons. The van der Waals surface area contributed by atoms with Crippen LogP contribution in [0.15, 0.2) is 34.6 Å². The summed E-state index contributed by atoms with van der Waals surface area (Å²) in [5.41, 5.74) is 2.24. The number of hydrogen-bond acceptors (Lipinski definition) is 3. The van der Waals surface area contributed by atoms with Crippen molar-refractivity contribution in [1.29, 1.82) is 0 Å². The summed E-state index contributed by atoms with van der Waals surface area (Å²) < 4.78 is 0. The van der Waals surface area contributed by atoms with Crippen LogP contribution in [0.1, 0.15) is 22.7 Å². The van der Waals surface area contributed by atoms with E-state index in [0.29, 0.717) is 6.54 Å². The Hall–Kier alpha value is -1.59. The summed E-state index contributed by atoms with van der Waals surface area (Å²) in [6, 6.07) is 7.81. The fourth-order valence-corrected chi connectivity index (χ4v) is 3.05. The highest BCUT2D eigenvalue weighted by Crippen LogP contribution is 2.11. The van der Waals surface area contributed by atoms with E-state index in [9.17, 15) is 0 Å². The Morgan fingerprint density at radius 2 is 2.23 bits per heavy atom. The first kappa shape index (κ1) is 16.8. The van der Waals surface area contributed by atoms with Crippen LogP contribution in [0.2, 0.25) is 5.02 Å². The Kier molecular flexibility index (Phi) is 6.68. The highest BCUT2D eigenvalue weighted by Gasteiger charge is 2.01. The van der Waals surface area contributed by atoms with Gasteiger partial charge in [0.2, 0.25) is 0 Å². The van der Waals surface area contributed by atoms with Crippen LogP contribution in [-0.2, 0) is 13.0 Å². The third-order valence-corrected chi connectivity index (χ3v) is 4.36. The molecule has 0 aliphatic rings. The predicted octanol–water partition coefficient (Wildman–Crippen LogP) is 3.40. The second-order valence-electron chi connectivity index (χ2n) is 4.97. The molecule has 22 heavy (non-hydrogen) atoms. The van der Waals surface area contributed by atoms with Crippen molar-refractivity contribution in [2.45, 2.75) is 26.3 Å². The molecule has 0 unspecified atom stereocenters. The number of halogens is 1. The van der Waals surface area contributed by atoms with Gasteiger partial charge in [0.1, 0.15) is 0 Å². The number of benzene rings is 1. The van der Waals surface area contributed by atoms with E-state index >= 15 is 0 Å². The maximum absolute atomic E-state index is 5.98. The molecule has 0 aliphatic carbocycles. The van der Waals surface area contributed by atoms with Crippen molar-refractivity contribution >= 4 is 28.9 Å². The molecule has 2 rings (SSSR count). The van der Waals surface area contributed by atoms with E-state index in [1.54, 1.807) is 18.4 Å². The van der Waals surface area contributed by atoms with Crippen molar-refractivity contribution in [1.82, 2.24) is 15.6 Å². The lowest BCUT2D eigenvalue weighted by Crippen LogP contribution is -2.37. The van der Waals surface area contributed by atoms with Crippen molar-refractivity contribution in [3.63, 3.8) is 0 Å². The van der Waals surface area contributed by atoms with Gasteiger partial charge in [-0.1, -0.05) is 23.7 Å². The molecule has 0 fully saturated rings. The van der Waals surface area contributed by atoms with Gasteiger partial charge in [0.05, 0.1) is 5.01 Å². The van der Waals surface area contributed by atoms with E-state index in [1.165, 1.54) is 5.01 Å². The first-order chi connectivity index (χ1) is 10.7. The van der Waals surface area contributed by atoms with Gasteiger partial charge in [-0.15, -0.1) is 11.3 Å². The van der Waals surface area contributed by atoms with Gasteiger partial charge in [0, 0.05) is 42.7 Å². The highest BCUT2D eigenvalue weighted by molar-refractivity contribution is 7.09. The molecule has 2 N–H and O–H groups in total. The molecule has 0 amide bonds. The first-order valence-electron chi connectivity index (χ1n) is 7.27. The first-order valence-corrected chi connectivity index (χ1v) is 8.53. The molecular formula is C16H21ClN4S. The SMILES string of the molecule is CN=C(NCCCc1nc(C)cs1)NCc1cccc(Cl)c1. The maximum atomic E-state index is 5.98. The van der Waals surface area contributed by atoms with Gasteiger partial charge >= 0.3 is 0 Å². The number of aliphatic imine (C=N–C) groups is 1. The van der Waals surface area contributed by atoms with Crippen molar-refractivity contribution in [3.05, 3.63) is 50.9 Å². The number of aryl methyl sites for hydroxylation is 2. The zero-order valence-corrected chi connectivity index (χ0v) is 14.5. The number of nitrogens with zero attached hydrogens (tertiary/aromatic N) is 2. The van der Waals surface area contributed by atoms with E-state index in [1.807, 2.05) is 31.2 Å². The lowest BCUT2D eigenvalue weighted by molar-refractivity contribution is 0.739. The number of hydrogen-bond donors (Lipinski definition) is 2. The van der Waals surface area contributed by atoms with Crippen LogP contribution in [-0.4, -0.2) is 24.5 Å². The lowest BCUT2D eigenvalue weighted by Gasteiger charge is -2.11. The Bertz CT molecular complexity index is 624. The molecule has 0 saturated carbocycles. The molecule has 0 radical (unpaired) electrons. The van der Waals surface area contributed by atoms with Gasteiger partial charge in [-0.25, -0.2) is 4.98 Å². The van der Waals surface area contributed by atoms with Gasteiger partial charge < -0.3 is 10.6 Å². The third kappa shape index (κ3) is 5.66. The van der Waals surface area contributed by atoms with Gasteiger partial charge in [-0.05, 0) is 31.0 Å². The minimum Gasteiger partial charge on any atom is -0.356 e. The van der Waals surface area contributed by atoms with E-state index in [-0.39, 0.29) is 0 Å². The Morgan fingerprint density at radius 3 is 2.91 bits per heavy atom. The van der Waals surface area contributed by atoms with Crippen LogP contribution in [0.25, 0.3) is 0 Å². The van der Waals surface area contributed by atoms with Crippen LogP contribution < -0.4 is 10.6 Å². The van der Waals surface area contributed by atoms with E-state index in [2.05, 4.69) is 26.0 Å². The van der Waals surface area contributed by atoms with Crippen molar-refractivity contribution in [2.24, 2.45) is 4.99 Å². The monoisotopic (exact) mass is 336 g/mol. The van der Waals surface area contributed by atoms with Crippen molar-refractivity contribution in [3.8, 4) is 0 Å². The number of guanidine groups is 1. The zero-order chi connectivity index (χ0) is 15.8. The van der Waals surface area contributed by atoms with E-state index in [0.717, 1.165) is 41.6 Å². The standard InChI is InChI=1S/C16H21ClN4S/c1-12-11-22-15(21-12)7-4-8-19-16(18-2)20-10-13-5-3-6-14(17)9-13/h3,5-6,9,11H,4,7-8,10H2,1-2H3,(H2,18,19,20). The summed E-state index contributed by atoms with van der Waals surface area (Å²) in [5.74, 6) is 0.801. The van der Waals surface area contributed by atoms with Crippen LogP contribution in [0.5, 0.6) is 0 Å². The summed E-state index contributed by atoms with van der Waals surface area (Å²) in [5, 5.41) is 10.6. The fourth-order valence-electron chi connectivity index (χ4n) is 2.02. The third-order valence-electron chi connectivity index (χ3n) is 3.10. The fraction of sp³-hybridized carbons (Fsp3) is 0.375. The molecule has 0 spiro atoms. The van der Waals surface area contributed by atoms with Gasteiger partial charge in [-0.3, -0.25) is 4.99 Å². The quantitative estimate of drug-likeness (QED) is 0.483. The van der Waals surface area contributed by atoms with E-state index < -0.39 is 0 Å². The van der Waals surface area contributed by atoms with Gasteiger partial charge in [-0.2, -0.15) is 0 Å². The summed E-state index contributed by atoms with van der Waals surface area (Å²) in [7, 11) is 1.78. The molecule has 0 bridgehead atoms. The van der Waals surface area contributed by atoms with Crippen molar-refractivity contribution in [2.75, 3.05) is 13.6 Å². The number of aromatic nitrogens is 1. The normalized spacial score (nSPS) is 11.5. The molecule has 0 aliphatic heterocycles. The molecule has 4 nitrogen and oxygen atoms in total. The number of nitrogens with one attached hydrogen (secondary N) is 2. The molecule has 0 atom stereocenters. The molecule has 6 heteroatoms. The summed E-state index contributed by atoms with van der Waals surface area (Å²) in [6.45, 7) is 3.60. The Morgan fingerprint density at radius 1 is 1.36 bits per heavy atom. The summed E-state index contributed by atoms with van der Waals surface area (Å²) in [6.07, 6.45) is 2.03. The second kappa shape index (κ2) is 8.76. The minimum absolute atomic E-state index is 0.700. The summed E-state index contributed by atoms with van der Waals surface area (Å²) >= 11 is 7.70. The Labute approximate surface area is 140 Å². The predicted molar refractivity (Wildman–Crippen MR) is 94.8 cm³/mol. The average Bonchev–Trinajstić information content (AvgIpc) is 2.92. The highest BCUT2D eigenvalue weighted by atomic mass is 35.5. The van der Waals surface area contributed by atoms with Gasteiger partial charge in [0.15, 0.2) is 5.96 Å². The topological polar surface area (TPSA) is 49.3 Å². The van der Waals surface area contributed by atoms with Crippen LogP contribution >= 0.6 is 22.9 Å². The van der Waals surface area contributed by atoms with Crippen molar-refractivity contribution < 1.29 is 0 Å². The largest absolute Gasteiger partial charge is 0.356 e. The van der Waals surface area contributed by atoms with Crippen LogP contribution in [0.4, 0.5) is 0 Å². The van der Waals surface area contributed by atoms with E-state index in [4.69, 9.17) is 11.6 Å². The number of thiazole rings is 1. The maximum Gasteiger partial charge on any atom is 0.191 e. The minimum atomic E-state index is 0.700. The van der Waals surface area contributed by atoms with Crippen LogP contribution in [0.3, 0.4) is 0 Å².